The number of nitrogens with zero attached hydrogens (tertiary/aromatic N) is 1. The van der Waals surface area contributed by atoms with Crippen LogP contribution in [0.15, 0.2) is 69.6 Å². The zero-order valence-electron chi connectivity index (χ0n) is 16.1. The van der Waals surface area contributed by atoms with E-state index >= 15 is 0 Å². The van der Waals surface area contributed by atoms with Gasteiger partial charge in [0.25, 0.3) is 5.91 Å². The lowest BCUT2D eigenvalue weighted by molar-refractivity contribution is -0.113. The van der Waals surface area contributed by atoms with Crippen molar-refractivity contribution in [3.8, 4) is 5.75 Å². The Morgan fingerprint density at radius 2 is 1.97 bits per heavy atom. The molecule has 0 saturated heterocycles. The average Bonchev–Trinajstić information content (AvgIpc) is 2.68. The Hall–Kier alpha value is -3.11. The third-order valence-electron chi connectivity index (χ3n) is 4.72. The van der Waals surface area contributed by atoms with Gasteiger partial charge in [-0.2, -0.15) is 0 Å². The molecule has 1 atom stereocenters. The van der Waals surface area contributed by atoms with Crippen molar-refractivity contribution in [2.24, 2.45) is 0 Å². The molecule has 0 aromatic heterocycles. The molecule has 5 nitrogen and oxygen atoms in total. The Kier molecular flexibility index (Phi) is 6.04. The van der Waals surface area contributed by atoms with E-state index in [-0.39, 0.29) is 16.8 Å². The maximum absolute atomic E-state index is 14.8. The molecule has 148 valence electrons. The minimum atomic E-state index is -0.823. The van der Waals surface area contributed by atoms with Crippen LogP contribution in [0.5, 0.6) is 5.75 Å². The molecule has 0 fully saturated rings. The molecule has 2 N–H and O–H groups in total. The van der Waals surface area contributed by atoms with Crippen molar-refractivity contribution >= 4 is 27.5 Å². The number of anilines is 1. The number of para-hydroxylation sites is 2. The number of halogens is 2. The van der Waals surface area contributed by atoms with E-state index in [1.54, 1.807) is 50.2 Å². The first-order valence-corrected chi connectivity index (χ1v) is 9.62. The number of methoxy groups -OCH3 is 1. The molecule has 7 heteroatoms. The number of rotatable bonds is 4. The Morgan fingerprint density at radius 1 is 1.24 bits per heavy atom. The van der Waals surface area contributed by atoms with Crippen molar-refractivity contribution in [2.75, 3.05) is 12.4 Å². The van der Waals surface area contributed by atoms with Crippen LogP contribution in [0.3, 0.4) is 0 Å². The molecule has 1 heterocycles. The summed E-state index contributed by atoms with van der Waals surface area (Å²) in [4.78, 5) is 16.9. The van der Waals surface area contributed by atoms with Crippen LogP contribution in [0.1, 0.15) is 25.3 Å². The standard InChI is InChI=1S/C22H19BrFN3O2/c1-12-19(22(28)27-17-7-5-6-8-18(17)29-4)20(21(25-3)13(2)26-12)15-10-9-14(23)11-16(15)24/h5-11,20,26H,1-2,4H3,(H,27,28). The van der Waals surface area contributed by atoms with Gasteiger partial charge in [0, 0.05) is 21.4 Å². The quantitative estimate of drug-likeness (QED) is 0.611. The van der Waals surface area contributed by atoms with E-state index in [0.29, 0.717) is 27.3 Å². The summed E-state index contributed by atoms with van der Waals surface area (Å²) in [5.74, 6) is -1.24. The predicted octanol–water partition coefficient (Wildman–Crippen LogP) is 5.35. The van der Waals surface area contributed by atoms with Gasteiger partial charge in [-0.05, 0) is 43.7 Å². The van der Waals surface area contributed by atoms with Gasteiger partial charge in [-0.25, -0.2) is 9.24 Å². The summed E-state index contributed by atoms with van der Waals surface area (Å²) in [7, 11) is 1.51. The van der Waals surface area contributed by atoms with Crippen LogP contribution < -0.4 is 15.4 Å². The average molecular weight is 456 g/mol. The topological polar surface area (TPSA) is 54.7 Å². The van der Waals surface area contributed by atoms with E-state index in [0.717, 1.165) is 0 Å². The predicted molar refractivity (Wildman–Crippen MR) is 114 cm³/mol. The maximum Gasteiger partial charge on any atom is 0.253 e. The molecule has 3 rings (SSSR count). The molecule has 2 aromatic rings. The zero-order chi connectivity index (χ0) is 21.1. The number of hydrogen-bond donors (Lipinski definition) is 2. The third-order valence-corrected chi connectivity index (χ3v) is 5.21. The van der Waals surface area contributed by atoms with Gasteiger partial charge in [0.2, 0.25) is 0 Å². The molecule has 0 spiro atoms. The lowest BCUT2D eigenvalue weighted by Crippen LogP contribution is -2.30. The number of amides is 1. The number of allylic oxidation sites excluding steroid dienone is 3. The van der Waals surface area contributed by atoms with Crippen LogP contribution >= 0.6 is 15.9 Å². The van der Waals surface area contributed by atoms with Gasteiger partial charge in [0.15, 0.2) is 5.70 Å². The second-order valence-electron chi connectivity index (χ2n) is 6.54. The highest BCUT2D eigenvalue weighted by molar-refractivity contribution is 9.10. The number of dihydropyridines is 1. The lowest BCUT2D eigenvalue weighted by atomic mass is 9.83. The van der Waals surface area contributed by atoms with Crippen LogP contribution in [0, 0.1) is 12.4 Å². The summed E-state index contributed by atoms with van der Waals surface area (Å²) >= 11 is 3.25. The summed E-state index contributed by atoms with van der Waals surface area (Å²) < 4.78 is 20.7. The highest BCUT2D eigenvalue weighted by Crippen LogP contribution is 2.41. The second kappa shape index (κ2) is 8.50. The highest BCUT2D eigenvalue weighted by atomic mass is 79.9. The summed E-state index contributed by atoms with van der Waals surface area (Å²) in [6.45, 7) is 11.1. The summed E-state index contributed by atoms with van der Waals surface area (Å²) in [6.07, 6.45) is 0. The van der Waals surface area contributed by atoms with Crippen LogP contribution in [0.2, 0.25) is 0 Å². The molecule has 0 saturated carbocycles. The number of carbonyl (C=O) groups is 1. The Labute approximate surface area is 177 Å². The Balaban J connectivity index is 2.10. The smallest absolute Gasteiger partial charge is 0.253 e. The Morgan fingerprint density at radius 3 is 2.62 bits per heavy atom. The van der Waals surface area contributed by atoms with E-state index in [1.165, 1.54) is 13.2 Å². The van der Waals surface area contributed by atoms with Crippen molar-refractivity contribution in [3.05, 3.63) is 92.4 Å². The highest BCUT2D eigenvalue weighted by Gasteiger charge is 2.35. The molecule has 2 aromatic carbocycles. The molecule has 0 radical (unpaired) electrons. The molecular weight excluding hydrogens is 437 g/mol. The molecule has 0 aliphatic carbocycles. The number of nitrogens with one attached hydrogen (secondary N) is 2. The number of carbonyl (C=O) groups excluding carboxylic acids is 1. The largest absolute Gasteiger partial charge is 0.495 e. The van der Waals surface area contributed by atoms with Gasteiger partial charge in [-0.3, -0.25) is 4.79 Å². The first-order valence-electron chi connectivity index (χ1n) is 8.82. The van der Waals surface area contributed by atoms with E-state index in [2.05, 4.69) is 31.4 Å². The van der Waals surface area contributed by atoms with Crippen molar-refractivity contribution in [1.82, 2.24) is 5.32 Å². The second-order valence-corrected chi connectivity index (χ2v) is 7.45. The van der Waals surface area contributed by atoms with Crippen LogP contribution in [-0.4, -0.2) is 13.0 Å². The van der Waals surface area contributed by atoms with Crippen molar-refractivity contribution in [2.45, 2.75) is 19.8 Å². The summed E-state index contributed by atoms with van der Waals surface area (Å²) in [6, 6.07) is 11.6. The number of benzene rings is 2. The van der Waals surface area contributed by atoms with Crippen LogP contribution in [0.25, 0.3) is 4.85 Å². The van der Waals surface area contributed by atoms with Crippen LogP contribution in [-0.2, 0) is 4.79 Å². The third kappa shape index (κ3) is 4.03. The molecule has 0 bridgehead atoms. The van der Waals surface area contributed by atoms with Gasteiger partial charge in [0.1, 0.15) is 11.6 Å². The van der Waals surface area contributed by atoms with E-state index in [1.807, 2.05) is 0 Å². The SMILES string of the molecule is [C-]#[N+]C1=C(C)NC(C)=C(C(=O)Nc2ccccc2OC)C1c1ccc(Br)cc1F. The fourth-order valence-electron chi connectivity index (χ4n) is 3.41. The molecule has 1 unspecified atom stereocenters. The fourth-order valence-corrected chi connectivity index (χ4v) is 3.74. The number of hydrogen-bond acceptors (Lipinski definition) is 3. The van der Waals surface area contributed by atoms with Gasteiger partial charge >= 0.3 is 0 Å². The first kappa shape index (κ1) is 20.6. The lowest BCUT2D eigenvalue weighted by Gasteiger charge is -2.29. The molecular formula is C22H19BrFN3O2. The first-order chi connectivity index (χ1) is 13.9. The maximum atomic E-state index is 14.8. The van der Waals surface area contributed by atoms with Gasteiger partial charge < -0.3 is 15.4 Å². The normalized spacial score (nSPS) is 16.2. The molecule has 29 heavy (non-hydrogen) atoms. The van der Waals surface area contributed by atoms with Crippen molar-refractivity contribution < 1.29 is 13.9 Å². The molecule has 1 amide bonds. The van der Waals surface area contributed by atoms with Gasteiger partial charge in [-0.1, -0.05) is 34.1 Å². The van der Waals surface area contributed by atoms with Gasteiger partial charge in [0.05, 0.1) is 25.3 Å². The van der Waals surface area contributed by atoms with Crippen LogP contribution in [0.4, 0.5) is 10.1 Å². The minimum Gasteiger partial charge on any atom is -0.495 e. The van der Waals surface area contributed by atoms with Crippen molar-refractivity contribution in [1.29, 1.82) is 0 Å². The fraction of sp³-hybridized carbons (Fsp3) is 0.182. The van der Waals surface area contributed by atoms with E-state index in [4.69, 9.17) is 11.3 Å². The monoisotopic (exact) mass is 455 g/mol. The minimum absolute atomic E-state index is 0.268. The molecule has 1 aliphatic heterocycles. The summed E-state index contributed by atoms with van der Waals surface area (Å²) in [5, 5.41) is 5.91. The molecule has 1 aliphatic rings. The van der Waals surface area contributed by atoms with Gasteiger partial charge in [-0.15, -0.1) is 0 Å². The zero-order valence-corrected chi connectivity index (χ0v) is 17.7. The Bertz CT molecular complexity index is 1090. The van der Waals surface area contributed by atoms with E-state index in [9.17, 15) is 9.18 Å². The number of ether oxygens (including phenoxy) is 1. The van der Waals surface area contributed by atoms with Crippen molar-refractivity contribution in [3.63, 3.8) is 0 Å². The summed E-state index contributed by atoms with van der Waals surface area (Å²) in [5.41, 5.74) is 2.49. The van der Waals surface area contributed by atoms with E-state index < -0.39 is 17.6 Å².